The number of carbonyl (C=O) groups excluding carboxylic acids is 2. The lowest BCUT2D eigenvalue weighted by Gasteiger charge is -2.34. The average Bonchev–Trinajstić information content (AvgIpc) is 3.51. The molecule has 2 aromatic carbocycles. The lowest BCUT2D eigenvalue weighted by molar-refractivity contribution is -0.376. The molecule has 2 amide bonds. The van der Waals surface area contributed by atoms with Crippen molar-refractivity contribution < 1.29 is 54.2 Å². The van der Waals surface area contributed by atoms with Crippen molar-refractivity contribution in [3.63, 3.8) is 0 Å². The number of ether oxygens (including phenoxy) is 1. The number of hydrogen-bond donors (Lipinski definition) is 2. The van der Waals surface area contributed by atoms with E-state index in [-0.39, 0.29) is 17.1 Å². The van der Waals surface area contributed by atoms with Crippen molar-refractivity contribution in [2.75, 3.05) is 18.7 Å². The summed E-state index contributed by atoms with van der Waals surface area (Å²) >= 11 is 0. The lowest BCUT2D eigenvalue weighted by atomic mass is 9.92. The van der Waals surface area contributed by atoms with E-state index >= 15 is 0 Å². The molecule has 224 valence electrons. The Morgan fingerprint density at radius 2 is 1.56 bits per heavy atom. The number of carbonyl (C=O) groups is 2. The fraction of sp³-hybridized carbons (Fsp3) is 0.462. The molecule has 1 fully saturated rings. The predicted octanol–water partition coefficient (Wildman–Crippen LogP) is 4.38. The molecule has 0 saturated heterocycles. The molecule has 4 rings (SSSR count). The second-order valence-electron chi connectivity index (χ2n) is 10.1. The van der Waals surface area contributed by atoms with Gasteiger partial charge in [0, 0.05) is 31.2 Å². The van der Waals surface area contributed by atoms with E-state index in [1.165, 1.54) is 30.2 Å². The number of benzene rings is 2. The van der Waals surface area contributed by atoms with Crippen LogP contribution in [0.3, 0.4) is 0 Å². The third-order valence-corrected chi connectivity index (χ3v) is 8.69. The summed E-state index contributed by atoms with van der Waals surface area (Å²) < 4.78 is 109. The van der Waals surface area contributed by atoms with Crippen LogP contribution in [0.5, 0.6) is 0 Å². The maximum Gasteiger partial charge on any atom is 0.430 e. The van der Waals surface area contributed by atoms with E-state index in [1.54, 1.807) is 0 Å². The highest BCUT2D eigenvalue weighted by molar-refractivity contribution is 7.90. The molecule has 0 bridgehead atoms. The number of nitrogens with one attached hydrogen (secondary N) is 1. The molecule has 1 aliphatic heterocycles. The van der Waals surface area contributed by atoms with Gasteiger partial charge in [0.15, 0.2) is 9.84 Å². The number of hydrogen-bond acceptors (Lipinski definition) is 6. The molecule has 2 aromatic rings. The second kappa shape index (κ2) is 10.3. The number of alkyl halides is 6. The Balaban J connectivity index is 1.69. The highest BCUT2D eigenvalue weighted by atomic mass is 32.2. The summed E-state index contributed by atoms with van der Waals surface area (Å²) in [6.45, 7) is -0.135. The van der Waals surface area contributed by atoms with Crippen LogP contribution in [-0.2, 0) is 36.3 Å². The maximum absolute atomic E-state index is 13.7. The first-order valence-electron chi connectivity index (χ1n) is 12.3. The number of methoxy groups -OCH3 is 1. The minimum Gasteiger partial charge on any atom is -0.369 e. The van der Waals surface area contributed by atoms with E-state index in [0.29, 0.717) is 48.9 Å². The zero-order chi connectivity index (χ0) is 30.6. The lowest BCUT2D eigenvalue weighted by Crippen LogP contribution is -2.53. The van der Waals surface area contributed by atoms with Crippen molar-refractivity contribution in [1.29, 1.82) is 0 Å². The third kappa shape index (κ3) is 5.30. The number of aliphatic hydroxyl groups is 1. The topological polar surface area (TPSA) is 113 Å². The van der Waals surface area contributed by atoms with Crippen LogP contribution < -0.4 is 5.32 Å². The van der Waals surface area contributed by atoms with Gasteiger partial charge in [-0.05, 0) is 61.1 Å². The fourth-order valence-electron chi connectivity index (χ4n) is 5.34. The molecule has 1 unspecified atom stereocenters. The van der Waals surface area contributed by atoms with Crippen LogP contribution in [-0.4, -0.2) is 61.6 Å². The van der Waals surface area contributed by atoms with Crippen LogP contribution in [0, 0.1) is 0 Å². The van der Waals surface area contributed by atoms with Crippen LogP contribution in [0.25, 0.3) is 0 Å². The van der Waals surface area contributed by atoms with E-state index in [1.807, 2.05) is 0 Å². The Morgan fingerprint density at radius 1 is 1.00 bits per heavy atom. The molecular formula is C26H26F6N2O6S. The van der Waals surface area contributed by atoms with Crippen LogP contribution in [0.2, 0.25) is 0 Å². The zero-order valence-electron chi connectivity index (χ0n) is 21.8. The zero-order valence-corrected chi connectivity index (χ0v) is 22.6. The molecule has 0 aromatic heterocycles. The van der Waals surface area contributed by atoms with Gasteiger partial charge in [-0.15, -0.1) is 0 Å². The summed E-state index contributed by atoms with van der Waals surface area (Å²) in [7, 11) is -2.26. The number of rotatable bonds is 6. The number of fused-ring (bicyclic) bond motifs is 1. The molecule has 2 aliphatic rings. The molecule has 1 aliphatic carbocycles. The van der Waals surface area contributed by atoms with Crippen molar-refractivity contribution in [2.45, 2.75) is 66.7 Å². The summed E-state index contributed by atoms with van der Waals surface area (Å²) in [6, 6.07) is 4.99. The molecule has 1 atom stereocenters. The molecule has 8 nitrogen and oxygen atoms in total. The Morgan fingerprint density at radius 3 is 2.05 bits per heavy atom. The number of sulfone groups is 1. The summed E-state index contributed by atoms with van der Waals surface area (Å²) in [5, 5.41) is 12.0. The van der Waals surface area contributed by atoms with Gasteiger partial charge in [0.05, 0.1) is 4.90 Å². The normalized spacial score (nSPS) is 19.2. The Bertz CT molecular complexity index is 1440. The van der Waals surface area contributed by atoms with Crippen molar-refractivity contribution in [3.8, 4) is 0 Å². The molecule has 15 heteroatoms. The number of halogens is 6. The highest BCUT2D eigenvalue weighted by Crippen LogP contribution is 2.50. The van der Waals surface area contributed by atoms with Crippen molar-refractivity contribution >= 4 is 27.3 Å². The summed E-state index contributed by atoms with van der Waals surface area (Å²) in [5.41, 5.74) is -7.38. The third-order valence-electron chi connectivity index (χ3n) is 7.58. The van der Waals surface area contributed by atoms with Gasteiger partial charge >= 0.3 is 12.4 Å². The Hall–Kier alpha value is -3.17. The van der Waals surface area contributed by atoms with Gasteiger partial charge in [0.25, 0.3) is 17.4 Å². The summed E-state index contributed by atoms with van der Waals surface area (Å²) in [5.74, 6) is -1.35. The number of anilines is 1. The van der Waals surface area contributed by atoms with Crippen LogP contribution in [0.4, 0.5) is 32.0 Å². The van der Waals surface area contributed by atoms with Gasteiger partial charge in [-0.1, -0.05) is 18.2 Å². The molecular weight excluding hydrogens is 582 g/mol. The minimum atomic E-state index is -6.08. The van der Waals surface area contributed by atoms with E-state index in [0.717, 1.165) is 18.4 Å². The van der Waals surface area contributed by atoms with Gasteiger partial charge in [-0.3, -0.25) is 9.59 Å². The quantitative estimate of drug-likeness (QED) is 0.471. The van der Waals surface area contributed by atoms with Crippen LogP contribution >= 0.6 is 0 Å². The Kier molecular flexibility index (Phi) is 7.72. The Labute approximate surface area is 231 Å². The minimum absolute atomic E-state index is 0.0376. The smallest absolute Gasteiger partial charge is 0.369 e. The number of amides is 2. The van der Waals surface area contributed by atoms with E-state index in [4.69, 9.17) is 4.74 Å². The second-order valence-corrected chi connectivity index (χ2v) is 12.2. The monoisotopic (exact) mass is 608 g/mol. The standard InChI is InChI=1S/C26H26F6N2O6S/c1-40-23(11-3-4-12-23)22(36)34-14-15-13-18(41(2,38)39)9-10-19(15)20(34)21(35)33-17-7-5-16(6-8-17)24(37,25(27,28)29)26(30,31)32/h5-10,13,20,37H,3-4,11-12,14H2,1-2H3,(H,33,35). The van der Waals surface area contributed by atoms with Crippen molar-refractivity contribution in [1.82, 2.24) is 4.90 Å². The number of nitrogens with zero attached hydrogens (tertiary/aromatic N) is 1. The highest BCUT2D eigenvalue weighted by Gasteiger charge is 2.71. The molecule has 0 spiro atoms. The van der Waals surface area contributed by atoms with E-state index < -0.39 is 56.8 Å². The van der Waals surface area contributed by atoms with Crippen molar-refractivity contribution in [2.24, 2.45) is 0 Å². The van der Waals surface area contributed by atoms with Crippen molar-refractivity contribution in [3.05, 3.63) is 59.2 Å². The fourth-order valence-corrected chi connectivity index (χ4v) is 6.01. The summed E-state index contributed by atoms with van der Waals surface area (Å²) in [6.07, 6.45) is -8.98. The first-order valence-corrected chi connectivity index (χ1v) is 14.2. The van der Waals surface area contributed by atoms with E-state index in [9.17, 15) is 49.5 Å². The molecule has 1 saturated carbocycles. The molecule has 1 heterocycles. The molecule has 41 heavy (non-hydrogen) atoms. The summed E-state index contributed by atoms with van der Waals surface area (Å²) in [4.78, 5) is 28.4. The van der Waals surface area contributed by atoms with Crippen LogP contribution in [0.1, 0.15) is 48.4 Å². The van der Waals surface area contributed by atoms with Gasteiger partial charge in [0.1, 0.15) is 11.6 Å². The first kappa shape index (κ1) is 30.8. The van der Waals surface area contributed by atoms with E-state index in [2.05, 4.69) is 5.32 Å². The van der Waals surface area contributed by atoms with Gasteiger partial charge in [0.2, 0.25) is 0 Å². The first-order chi connectivity index (χ1) is 18.9. The SMILES string of the molecule is COC1(C(=O)N2Cc3cc(S(C)(=O)=O)ccc3C2C(=O)Nc2ccc(C(O)(C(F)(F)F)C(F)(F)F)cc2)CCCC1. The predicted molar refractivity (Wildman–Crippen MR) is 132 cm³/mol. The van der Waals surface area contributed by atoms with Gasteiger partial charge < -0.3 is 20.1 Å². The largest absolute Gasteiger partial charge is 0.430 e. The molecule has 0 radical (unpaired) electrons. The maximum atomic E-state index is 13.7. The van der Waals surface area contributed by atoms with Gasteiger partial charge in [-0.2, -0.15) is 26.3 Å². The molecule has 2 N–H and O–H groups in total. The van der Waals surface area contributed by atoms with Crippen LogP contribution in [0.15, 0.2) is 47.4 Å². The van der Waals surface area contributed by atoms with Gasteiger partial charge in [-0.25, -0.2) is 8.42 Å². The average molecular weight is 609 g/mol.